The van der Waals surface area contributed by atoms with Crippen molar-refractivity contribution in [1.29, 1.82) is 0 Å². The van der Waals surface area contributed by atoms with Crippen molar-refractivity contribution in [1.82, 2.24) is 4.90 Å². The summed E-state index contributed by atoms with van der Waals surface area (Å²) in [7, 11) is 0. The maximum atomic E-state index is 12.7. The van der Waals surface area contributed by atoms with E-state index in [9.17, 15) is 23.1 Å². The molecule has 1 N–H and O–H groups in total. The van der Waals surface area contributed by atoms with Crippen LogP contribution in [0.4, 0.5) is 13.2 Å². The normalized spacial score (nSPS) is 32.6. The second-order valence-corrected chi connectivity index (χ2v) is 5.95. The van der Waals surface area contributed by atoms with Crippen LogP contribution in [0.3, 0.4) is 0 Å². The van der Waals surface area contributed by atoms with Crippen LogP contribution in [-0.2, 0) is 4.79 Å². The van der Waals surface area contributed by atoms with Crippen LogP contribution in [0.2, 0.25) is 0 Å². The lowest BCUT2D eigenvalue weighted by molar-refractivity contribution is -0.165. The number of alkyl halides is 3. The minimum atomic E-state index is -4.26. The zero-order chi connectivity index (χ0) is 14.2. The minimum Gasteiger partial charge on any atom is -0.481 e. The topological polar surface area (TPSA) is 40.5 Å². The van der Waals surface area contributed by atoms with Gasteiger partial charge in [-0.25, -0.2) is 0 Å². The molecule has 2 fully saturated rings. The van der Waals surface area contributed by atoms with Crippen LogP contribution in [0, 0.1) is 11.8 Å². The Morgan fingerprint density at radius 1 is 1.26 bits per heavy atom. The summed E-state index contributed by atoms with van der Waals surface area (Å²) in [4.78, 5) is 12.7. The summed E-state index contributed by atoms with van der Waals surface area (Å²) in [5.74, 6) is -1.31. The number of aliphatic carboxylic acids is 1. The van der Waals surface area contributed by atoms with Gasteiger partial charge in [-0.15, -0.1) is 0 Å². The van der Waals surface area contributed by atoms with Gasteiger partial charge >= 0.3 is 12.1 Å². The molecule has 0 aliphatic heterocycles. The Labute approximate surface area is 110 Å². The van der Waals surface area contributed by atoms with E-state index in [4.69, 9.17) is 0 Å². The van der Waals surface area contributed by atoms with Crippen LogP contribution in [-0.4, -0.2) is 40.8 Å². The second kappa shape index (κ2) is 5.31. The summed E-state index contributed by atoms with van der Waals surface area (Å²) < 4.78 is 38.1. The predicted octanol–water partition coefficient (Wildman–Crippen LogP) is 2.90. The zero-order valence-electron chi connectivity index (χ0n) is 11.0. The van der Waals surface area contributed by atoms with Gasteiger partial charge in [-0.2, -0.15) is 13.2 Å². The summed E-state index contributed by atoms with van der Waals surface area (Å²) in [5, 5.41) is 9.24. The van der Waals surface area contributed by atoms with E-state index in [1.807, 2.05) is 6.92 Å². The van der Waals surface area contributed by atoms with Gasteiger partial charge in [0.2, 0.25) is 0 Å². The molecule has 3 nitrogen and oxygen atoms in total. The molecule has 0 radical (unpaired) electrons. The molecule has 0 heterocycles. The fourth-order valence-corrected chi connectivity index (χ4v) is 3.14. The van der Waals surface area contributed by atoms with Gasteiger partial charge in [0.05, 0.1) is 12.5 Å². The summed E-state index contributed by atoms with van der Waals surface area (Å²) in [6, 6.07) is -0.533. The Morgan fingerprint density at radius 3 is 2.37 bits per heavy atom. The highest BCUT2D eigenvalue weighted by Gasteiger charge is 2.46. The van der Waals surface area contributed by atoms with E-state index in [1.165, 1.54) is 4.90 Å². The highest BCUT2D eigenvalue weighted by molar-refractivity contribution is 5.71. The first-order valence-electron chi connectivity index (χ1n) is 6.83. The second-order valence-electron chi connectivity index (χ2n) is 5.95. The van der Waals surface area contributed by atoms with Gasteiger partial charge in [-0.3, -0.25) is 9.69 Å². The molecule has 3 unspecified atom stereocenters. The van der Waals surface area contributed by atoms with Gasteiger partial charge < -0.3 is 5.11 Å². The van der Waals surface area contributed by atoms with Crippen LogP contribution < -0.4 is 0 Å². The van der Waals surface area contributed by atoms with Gasteiger partial charge in [-0.05, 0) is 38.0 Å². The van der Waals surface area contributed by atoms with Crippen molar-refractivity contribution >= 4 is 5.97 Å². The largest absolute Gasteiger partial charge is 0.481 e. The maximum absolute atomic E-state index is 12.7. The molecule has 6 heteroatoms. The van der Waals surface area contributed by atoms with Gasteiger partial charge in [0.25, 0.3) is 0 Å². The Hall–Kier alpha value is -0.780. The number of carbonyl (C=O) groups is 1. The van der Waals surface area contributed by atoms with Gasteiger partial charge in [0.15, 0.2) is 0 Å². The Balaban J connectivity index is 2.14. The lowest BCUT2D eigenvalue weighted by atomic mass is 9.78. The number of nitrogens with zero attached hydrogens (tertiary/aromatic N) is 1. The molecular formula is C13H20F3NO2. The molecule has 110 valence electrons. The SMILES string of the molecule is CC1CCC(C(=O)O)C(N(CC(F)(F)F)C2CC2)C1. The molecule has 0 aromatic heterocycles. The van der Waals surface area contributed by atoms with E-state index in [0.717, 1.165) is 19.3 Å². The minimum absolute atomic E-state index is 0.0706. The highest BCUT2D eigenvalue weighted by atomic mass is 19.4. The zero-order valence-corrected chi connectivity index (χ0v) is 11.0. The standard InChI is InChI=1S/C13H20F3NO2/c1-8-2-5-10(12(18)19)11(6-8)17(9-3-4-9)7-13(14,15)16/h8-11H,2-7H2,1H3,(H,18,19). The molecule has 0 spiro atoms. The average molecular weight is 279 g/mol. The molecule has 2 saturated carbocycles. The number of carboxylic acid groups (broad SMARTS) is 1. The van der Waals surface area contributed by atoms with Gasteiger partial charge in [-0.1, -0.05) is 6.92 Å². The number of hydrogen-bond donors (Lipinski definition) is 1. The van der Waals surface area contributed by atoms with Crippen molar-refractivity contribution in [3.05, 3.63) is 0 Å². The van der Waals surface area contributed by atoms with Crippen LogP contribution in [0.25, 0.3) is 0 Å². The predicted molar refractivity (Wildman–Crippen MR) is 63.7 cm³/mol. The van der Waals surface area contributed by atoms with Gasteiger partial charge in [0, 0.05) is 12.1 Å². The number of hydrogen-bond acceptors (Lipinski definition) is 2. The first kappa shape index (κ1) is 14.6. The lowest BCUT2D eigenvalue weighted by Gasteiger charge is -2.40. The highest BCUT2D eigenvalue weighted by Crippen LogP contribution is 2.39. The molecule has 0 aromatic rings. The average Bonchev–Trinajstić information content (AvgIpc) is 3.07. The monoisotopic (exact) mass is 279 g/mol. The van der Waals surface area contributed by atoms with Crippen LogP contribution in [0.5, 0.6) is 0 Å². The Bertz CT molecular complexity index is 341. The third kappa shape index (κ3) is 3.84. The summed E-state index contributed by atoms with van der Waals surface area (Å²) in [6.07, 6.45) is -0.906. The molecule has 0 amide bonds. The smallest absolute Gasteiger partial charge is 0.401 e. The first-order chi connectivity index (χ1) is 8.78. The quantitative estimate of drug-likeness (QED) is 0.860. The van der Waals surface area contributed by atoms with Crippen molar-refractivity contribution in [2.24, 2.45) is 11.8 Å². The van der Waals surface area contributed by atoms with E-state index in [0.29, 0.717) is 18.8 Å². The number of rotatable bonds is 4. The molecule has 0 aromatic carbocycles. The third-order valence-electron chi connectivity index (χ3n) is 4.20. The van der Waals surface area contributed by atoms with Crippen LogP contribution in [0.1, 0.15) is 39.0 Å². The van der Waals surface area contributed by atoms with E-state index in [2.05, 4.69) is 0 Å². The fourth-order valence-electron chi connectivity index (χ4n) is 3.14. The maximum Gasteiger partial charge on any atom is 0.401 e. The number of carboxylic acids is 1. The van der Waals surface area contributed by atoms with E-state index >= 15 is 0 Å². The Morgan fingerprint density at radius 2 is 1.89 bits per heavy atom. The van der Waals surface area contributed by atoms with Crippen molar-refractivity contribution in [3.8, 4) is 0 Å². The molecule has 2 rings (SSSR count). The molecule has 3 atom stereocenters. The van der Waals surface area contributed by atoms with Crippen LogP contribution in [0.15, 0.2) is 0 Å². The molecule has 0 bridgehead atoms. The first-order valence-corrected chi connectivity index (χ1v) is 6.83. The third-order valence-corrected chi connectivity index (χ3v) is 4.20. The van der Waals surface area contributed by atoms with Crippen molar-refractivity contribution < 1.29 is 23.1 Å². The molecule has 0 saturated heterocycles. The molecule has 2 aliphatic carbocycles. The molecule has 19 heavy (non-hydrogen) atoms. The fraction of sp³-hybridized carbons (Fsp3) is 0.923. The summed E-state index contributed by atoms with van der Waals surface area (Å²) in [6.45, 7) is 1.02. The molecular weight excluding hydrogens is 259 g/mol. The Kier molecular flexibility index (Phi) is 4.08. The van der Waals surface area contributed by atoms with E-state index in [-0.39, 0.29) is 6.04 Å². The van der Waals surface area contributed by atoms with Crippen LogP contribution >= 0.6 is 0 Å². The molecule has 2 aliphatic rings. The summed E-state index contributed by atoms with van der Waals surface area (Å²) in [5.41, 5.74) is 0. The van der Waals surface area contributed by atoms with Gasteiger partial charge in [0.1, 0.15) is 0 Å². The van der Waals surface area contributed by atoms with E-state index < -0.39 is 30.7 Å². The van der Waals surface area contributed by atoms with Crippen molar-refractivity contribution in [2.45, 2.75) is 57.3 Å². The van der Waals surface area contributed by atoms with Crippen molar-refractivity contribution in [2.75, 3.05) is 6.54 Å². The van der Waals surface area contributed by atoms with E-state index in [1.54, 1.807) is 0 Å². The lowest BCUT2D eigenvalue weighted by Crippen LogP contribution is -2.51. The van der Waals surface area contributed by atoms with Crippen molar-refractivity contribution in [3.63, 3.8) is 0 Å². The summed E-state index contributed by atoms with van der Waals surface area (Å²) >= 11 is 0. The number of halogens is 3.